The minimum absolute atomic E-state index is 0.340. The fraction of sp³-hybridized carbons (Fsp3) is 0.250. The largest absolute Gasteiger partial charge is 0.382 e. The van der Waals surface area contributed by atoms with Crippen LogP contribution >= 0.6 is 0 Å². The van der Waals surface area contributed by atoms with Crippen LogP contribution in [0.25, 0.3) is 0 Å². The highest BCUT2D eigenvalue weighted by atomic mass is 15.1. The highest BCUT2D eigenvalue weighted by Gasteiger charge is 2.18. The number of hydrogen-bond acceptors (Lipinski definition) is 3. The van der Waals surface area contributed by atoms with E-state index in [-0.39, 0.29) is 0 Å². The van der Waals surface area contributed by atoms with Crippen LogP contribution < -0.4 is 16.0 Å². The van der Waals surface area contributed by atoms with Gasteiger partial charge in [0.05, 0.1) is 11.4 Å². The molecule has 27 heavy (non-hydrogen) atoms. The van der Waals surface area contributed by atoms with Gasteiger partial charge in [-0.05, 0) is 36.1 Å². The van der Waals surface area contributed by atoms with Crippen LogP contribution in [-0.4, -0.2) is 25.2 Å². The van der Waals surface area contributed by atoms with Crippen molar-refractivity contribution >= 4 is 11.4 Å². The van der Waals surface area contributed by atoms with E-state index in [4.69, 9.17) is 0 Å². The maximum absolute atomic E-state index is 3.79. The van der Waals surface area contributed by atoms with E-state index in [1.807, 2.05) is 0 Å². The summed E-state index contributed by atoms with van der Waals surface area (Å²) in [4.78, 5) is 0. The Morgan fingerprint density at radius 1 is 0.593 bits per heavy atom. The van der Waals surface area contributed by atoms with Crippen LogP contribution in [0, 0.1) is 0 Å². The average molecular weight is 358 g/mol. The highest BCUT2D eigenvalue weighted by Crippen LogP contribution is 2.23. The highest BCUT2D eigenvalue weighted by molar-refractivity contribution is 5.69. The molecule has 0 bridgehead atoms. The summed E-state index contributed by atoms with van der Waals surface area (Å²) in [5.41, 5.74) is 5.09. The molecule has 3 heteroatoms. The molecule has 1 heterocycles. The van der Waals surface area contributed by atoms with Gasteiger partial charge in [0, 0.05) is 25.2 Å². The summed E-state index contributed by atoms with van der Waals surface area (Å²) in [5, 5.41) is 11.2. The minimum Gasteiger partial charge on any atom is -0.382 e. The van der Waals surface area contributed by atoms with Crippen LogP contribution in [0.15, 0.2) is 84.9 Å². The standard InChI is InChI=1S/C24H27N3/c1-3-9-19(10-4-1)15-21-17-26-23-13-7-8-14-24(23)27-22(18-25-21)16-20-11-5-2-6-12-20/h1-14,21-22,25-27H,15-18H2/t21-,22-/m0/s1. The SMILES string of the molecule is c1ccc(C[C@H]2CNc3ccccc3N[C@@H](Cc3ccccc3)CN2)cc1. The second-order valence-electron chi connectivity index (χ2n) is 7.25. The third-order valence-corrected chi connectivity index (χ3v) is 5.13. The predicted molar refractivity (Wildman–Crippen MR) is 114 cm³/mol. The molecule has 0 saturated heterocycles. The van der Waals surface area contributed by atoms with Crippen molar-refractivity contribution in [2.75, 3.05) is 23.7 Å². The molecule has 3 aromatic rings. The van der Waals surface area contributed by atoms with Gasteiger partial charge in [0.15, 0.2) is 0 Å². The minimum atomic E-state index is 0.340. The van der Waals surface area contributed by atoms with Crippen molar-refractivity contribution < 1.29 is 0 Å². The van der Waals surface area contributed by atoms with Gasteiger partial charge >= 0.3 is 0 Å². The number of anilines is 2. The Balaban J connectivity index is 1.53. The van der Waals surface area contributed by atoms with E-state index in [0.717, 1.165) is 25.9 Å². The van der Waals surface area contributed by atoms with Crippen molar-refractivity contribution in [1.82, 2.24) is 5.32 Å². The first-order chi connectivity index (χ1) is 13.4. The molecule has 0 saturated carbocycles. The Kier molecular flexibility index (Phi) is 5.70. The first-order valence-corrected chi connectivity index (χ1v) is 9.77. The molecule has 3 nitrogen and oxygen atoms in total. The number of rotatable bonds is 4. The molecule has 0 amide bonds. The number of para-hydroxylation sites is 2. The normalized spacial score (nSPS) is 19.6. The predicted octanol–water partition coefficient (Wildman–Crippen LogP) is 4.34. The quantitative estimate of drug-likeness (QED) is 0.650. The van der Waals surface area contributed by atoms with Crippen LogP contribution in [0.1, 0.15) is 11.1 Å². The molecular formula is C24H27N3. The lowest BCUT2D eigenvalue weighted by atomic mass is 10.0. The van der Waals surface area contributed by atoms with Crippen molar-refractivity contribution in [1.29, 1.82) is 0 Å². The monoisotopic (exact) mass is 357 g/mol. The Labute approximate surface area is 161 Å². The molecule has 3 aromatic carbocycles. The van der Waals surface area contributed by atoms with Crippen LogP contribution in [0.5, 0.6) is 0 Å². The van der Waals surface area contributed by atoms with Gasteiger partial charge in [-0.3, -0.25) is 0 Å². The molecule has 3 N–H and O–H groups in total. The summed E-state index contributed by atoms with van der Waals surface area (Å²) in [6.45, 7) is 1.84. The lowest BCUT2D eigenvalue weighted by Gasteiger charge is -2.23. The first kappa shape index (κ1) is 17.6. The van der Waals surface area contributed by atoms with Gasteiger partial charge in [0.25, 0.3) is 0 Å². The molecule has 0 fully saturated rings. The molecular weight excluding hydrogens is 330 g/mol. The van der Waals surface area contributed by atoms with Gasteiger partial charge < -0.3 is 16.0 Å². The van der Waals surface area contributed by atoms with Gasteiger partial charge in [-0.15, -0.1) is 0 Å². The Bertz CT molecular complexity index is 833. The summed E-state index contributed by atoms with van der Waals surface area (Å²) in [6, 6.07) is 30.7. The summed E-state index contributed by atoms with van der Waals surface area (Å²) >= 11 is 0. The van der Waals surface area contributed by atoms with Gasteiger partial charge in [0.1, 0.15) is 0 Å². The Morgan fingerprint density at radius 2 is 1.15 bits per heavy atom. The molecule has 2 atom stereocenters. The summed E-state index contributed by atoms with van der Waals surface area (Å²) < 4.78 is 0. The summed E-state index contributed by atoms with van der Waals surface area (Å²) in [5.74, 6) is 0. The van der Waals surface area contributed by atoms with E-state index >= 15 is 0 Å². The van der Waals surface area contributed by atoms with Crippen molar-refractivity contribution in [3.8, 4) is 0 Å². The number of nitrogens with one attached hydrogen (secondary N) is 3. The number of fused-ring (bicyclic) bond motifs is 1. The van der Waals surface area contributed by atoms with Crippen molar-refractivity contribution in [3.63, 3.8) is 0 Å². The summed E-state index contributed by atoms with van der Waals surface area (Å²) in [7, 11) is 0. The first-order valence-electron chi connectivity index (χ1n) is 9.77. The van der Waals surface area contributed by atoms with Gasteiger partial charge in [0.2, 0.25) is 0 Å². The van der Waals surface area contributed by atoms with E-state index in [0.29, 0.717) is 12.1 Å². The van der Waals surface area contributed by atoms with Gasteiger partial charge in [-0.2, -0.15) is 0 Å². The second kappa shape index (κ2) is 8.74. The molecule has 138 valence electrons. The van der Waals surface area contributed by atoms with E-state index < -0.39 is 0 Å². The van der Waals surface area contributed by atoms with Gasteiger partial charge in [-0.25, -0.2) is 0 Å². The fourth-order valence-corrected chi connectivity index (χ4v) is 3.71. The Morgan fingerprint density at radius 3 is 1.81 bits per heavy atom. The molecule has 0 aliphatic carbocycles. The zero-order chi connectivity index (χ0) is 18.3. The molecule has 1 aliphatic heterocycles. The lowest BCUT2D eigenvalue weighted by Crippen LogP contribution is -2.43. The molecule has 4 rings (SSSR count). The van der Waals surface area contributed by atoms with Crippen molar-refractivity contribution in [3.05, 3.63) is 96.1 Å². The van der Waals surface area contributed by atoms with E-state index in [2.05, 4.69) is 101 Å². The molecule has 1 aliphatic rings. The van der Waals surface area contributed by atoms with E-state index in [1.54, 1.807) is 0 Å². The maximum atomic E-state index is 3.79. The van der Waals surface area contributed by atoms with Crippen LogP contribution in [0.3, 0.4) is 0 Å². The number of hydrogen-bond donors (Lipinski definition) is 3. The van der Waals surface area contributed by atoms with Crippen LogP contribution in [0.2, 0.25) is 0 Å². The zero-order valence-electron chi connectivity index (χ0n) is 15.6. The smallest absolute Gasteiger partial charge is 0.0578 e. The zero-order valence-corrected chi connectivity index (χ0v) is 15.6. The molecule has 0 spiro atoms. The van der Waals surface area contributed by atoms with Crippen LogP contribution in [-0.2, 0) is 12.8 Å². The fourth-order valence-electron chi connectivity index (χ4n) is 3.71. The Hall–Kier alpha value is -2.78. The summed E-state index contributed by atoms with van der Waals surface area (Å²) in [6.07, 6.45) is 2.02. The molecule has 0 radical (unpaired) electrons. The maximum Gasteiger partial charge on any atom is 0.0578 e. The molecule has 0 aromatic heterocycles. The van der Waals surface area contributed by atoms with Crippen LogP contribution in [0.4, 0.5) is 11.4 Å². The van der Waals surface area contributed by atoms with Gasteiger partial charge in [-0.1, -0.05) is 72.8 Å². The third-order valence-electron chi connectivity index (χ3n) is 5.13. The second-order valence-corrected chi connectivity index (χ2v) is 7.25. The van der Waals surface area contributed by atoms with E-state index in [1.165, 1.54) is 22.5 Å². The number of benzene rings is 3. The average Bonchev–Trinajstić information content (AvgIpc) is 2.79. The van der Waals surface area contributed by atoms with Crippen molar-refractivity contribution in [2.24, 2.45) is 0 Å². The van der Waals surface area contributed by atoms with E-state index in [9.17, 15) is 0 Å². The topological polar surface area (TPSA) is 36.1 Å². The lowest BCUT2D eigenvalue weighted by molar-refractivity contribution is 0.501. The molecule has 0 unspecified atom stereocenters. The van der Waals surface area contributed by atoms with Crippen molar-refractivity contribution in [2.45, 2.75) is 24.9 Å². The third kappa shape index (κ3) is 4.89.